The van der Waals surface area contributed by atoms with Crippen LogP contribution < -0.4 is 0 Å². The minimum atomic E-state index is -3.12. The average Bonchev–Trinajstić information content (AvgIpc) is 2.81. The van der Waals surface area contributed by atoms with Gasteiger partial charge in [-0.05, 0) is 25.0 Å². The maximum absolute atomic E-state index is 11.8. The summed E-state index contributed by atoms with van der Waals surface area (Å²) < 4.78 is 24.9. The second-order valence-corrected chi connectivity index (χ2v) is 6.43. The molecule has 2 aromatic rings. The van der Waals surface area contributed by atoms with Gasteiger partial charge in [-0.15, -0.1) is 5.10 Å². The second-order valence-electron chi connectivity index (χ2n) is 4.13. The number of hydrogen-bond acceptors (Lipinski definition) is 5. The molecule has 17 heavy (non-hydrogen) atoms. The van der Waals surface area contributed by atoms with E-state index in [1.54, 1.807) is 12.3 Å². The third-order valence-electron chi connectivity index (χ3n) is 2.97. The van der Waals surface area contributed by atoms with Gasteiger partial charge in [-0.25, -0.2) is 17.9 Å². The molecule has 1 aliphatic rings. The summed E-state index contributed by atoms with van der Waals surface area (Å²) in [4.78, 5) is 4.11. The van der Waals surface area contributed by atoms with Crippen LogP contribution in [0.1, 0.15) is 23.9 Å². The molecule has 3 heterocycles. The predicted octanol–water partition coefficient (Wildman–Crippen LogP) is 0.685. The summed E-state index contributed by atoms with van der Waals surface area (Å²) >= 11 is 0. The molecule has 6 nitrogen and oxygen atoms in total. The molecule has 90 valence electrons. The summed E-state index contributed by atoms with van der Waals surface area (Å²) in [6.45, 7) is 0. The van der Waals surface area contributed by atoms with E-state index in [1.807, 2.05) is 0 Å². The van der Waals surface area contributed by atoms with Gasteiger partial charge in [-0.1, -0.05) is 0 Å². The fraction of sp³-hybridized carbons (Fsp3) is 0.400. The first-order valence-corrected chi connectivity index (χ1v) is 7.05. The fourth-order valence-corrected chi connectivity index (χ4v) is 3.93. The molecule has 0 saturated carbocycles. The molecule has 0 bridgehead atoms. The lowest BCUT2D eigenvalue weighted by Crippen LogP contribution is -2.09. The van der Waals surface area contributed by atoms with Gasteiger partial charge in [0.2, 0.25) is 0 Å². The van der Waals surface area contributed by atoms with Crippen LogP contribution in [0.3, 0.4) is 0 Å². The summed E-state index contributed by atoms with van der Waals surface area (Å²) in [6, 6.07) is 3.13. The number of pyridine rings is 1. The molecule has 1 atom stereocenters. The van der Waals surface area contributed by atoms with Crippen molar-refractivity contribution in [3.63, 3.8) is 0 Å². The van der Waals surface area contributed by atoms with Gasteiger partial charge in [0.1, 0.15) is 5.25 Å². The molecular formula is C10H11N3O3S. The molecule has 1 saturated heterocycles. The van der Waals surface area contributed by atoms with Gasteiger partial charge in [-0.2, -0.15) is 0 Å². The highest BCUT2D eigenvalue weighted by Crippen LogP contribution is 2.33. The summed E-state index contributed by atoms with van der Waals surface area (Å²) in [6.07, 6.45) is 2.83. The predicted molar refractivity (Wildman–Crippen MR) is 60.4 cm³/mol. The van der Waals surface area contributed by atoms with E-state index in [0.717, 1.165) is 0 Å². The Bertz CT molecular complexity index is 677. The van der Waals surface area contributed by atoms with Gasteiger partial charge in [0.15, 0.2) is 27.1 Å². The highest BCUT2D eigenvalue weighted by molar-refractivity contribution is 7.91. The van der Waals surface area contributed by atoms with Crippen LogP contribution in [-0.2, 0) is 9.84 Å². The molecule has 0 spiro atoms. The highest BCUT2D eigenvalue weighted by atomic mass is 32.2. The summed E-state index contributed by atoms with van der Waals surface area (Å²) in [5.41, 5.74) is 0.296. The van der Waals surface area contributed by atoms with E-state index in [4.69, 9.17) is 0 Å². The molecular weight excluding hydrogens is 242 g/mol. The maximum atomic E-state index is 11.8. The van der Waals surface area contributed by atoms with E-state index in [1.165, 1.54) is 10.6 Å². The smallest absolute Gasteiger partial charge is 0.197 e. The Morgan fingerprint density at radius 2 is 2.29 bits per heavy atom. The first-order valence-electron chi connectivity index (χ1n) is 5.34. The van der Waals surface area contributed by atoms with Gasteiger partial charge in [0, 0.05) is 6.20 Å². The number of aromatic nitrogens is 3. The molecule has 0 aromatic carbocycles. The van der Waals surface area contributed by atoms with Crippen molar-refractivity contribution < 1.29 is 13.5 Å². The number of sulfone groups is 1. The number of fused-ring (bicyclic) bond motifs is 1. The van der Waals surface area contributed by atoms with E-state index in [9.17, 15) is 13.5 Å². The first kappa shape index (κ1) is 10.5. The van der Waals surface area contributed by atoms with E-state index in [-0.39, 0.29) is 17.3 Å². The van der Waals surface area contributed by atoms with Crippen molar-refractivity contribution in [2.75, 3.05) is 5.75 Å². The average molecular weight is 253 g/mol. The zero-order valence-electron chi connectivity index (χ0n) is 8.94. The highest BCUT2D eigenvalue weighted by Gasteiger charge is 2.35. The van der Waals surface area contributed by atoms with Gasteiger partial charge < -0.3 is 5.11 Å². The van der Waals surface area contributed by atoms with Gasteiger partial charge in [-0.3, -0.25) is 0 Å². The summed E-state index contributed by atoms with van der Waals surface area (Å²) in [7, 11) is -3.12. The van der Waals surface area contributed by atoms with Crippen LogP contribution in [0.4, 0.5) is 0 Å². The van der Waals surface area contributed by atoms with E-state index >= 15 is 0 Å². The first-order chi connectivity index (χ1) is 8.08. The monoisotopic (exact) mass is 253 g/mol. The third-order valence-corrected chi connectivity index (χ3v) is 5.15. The number of rotatable bonds is 1. The Kier molecular flexibility index (Phi) is 2.12. The number of aromatic hydroxyl groups is 1. The molecule has 1 unspecified atom stereocenters. The summed E-state index contributed by atoms with van der Waals surface area (Å²) in [5.74, 6) is 0.477. The normalized spacial score (nSPS) is 23.2. The van der Waals surface area contributed by atoms with Crippen LogP contribution in [0, 0.1) is 0 Å². The van der Waals surface area contributed by atoms with Gasteiger partial charge in [0.25, 0.3) is 0 Å². The quantitative estimate of drug-likeness (QED) is 0.808. The lowest BCUT2D eigenvalue weighted by molar-refractivity contribution is 0.477. The lowest BCUT2D eigenvalue weighted by Gasteiger charge is -2.02. The Morgan fingerprint density at radius 3 is 2.94 bits per heavy atom. The van der Waals surface area contributed by atoms with E-state index < -0.39 is 15.1 Å². The zero-order chi connectivity index (χ0) is 12.0. The minimum Gasteiger partial charge on any atom is -0.504 e. The van der Waals surface area contributed by atoms with Gasteiger partial charge in [0.05, 0.1) is 5.75 Å². The third kappa shape index (κ3) is 1.57. The molecule has 0 amide bonds. The van der Waals surface area contributed by atoms with Gasteiger partial charge >= 0.3 is 0 Å². The topological polar surface area (TPSA) is 84.6 Å². The summed E-state index contributed by atoms with van der Waals surface area (Å²) in [5, 5.41) is 13.1. The number of hydrogen-bond donors (Lipinski definition) is 1. The van der Waals surface area contributed by atoms with Crippen molar-refractivity contribution in [1.82, 2.24) is 14.6 Å². The standard InChI is InChI=1S/C10H11N3O3S/c14-7-3-1-5-13-10(7)11-9(12-13)8-4-2-6-17(8,15)16/h1,3,5,8,14H,2,4,6H2. The Hall–Kier alpha value is -1.63. The second kappa shape index (κ2) is 3.43. The Balaban J connectivity index is 2.16. The van der Waals surface area contributed by atoms with Crippen LogP contribution in [0.15, 0.2) is 18.3 Å². The Morgan fingerprint density at radius 1 is 1.47 bits per heavy atom. The SMILES string of the molecule is O=S1(=O)CCCC1c1nc2c(O)cccn2n1. The molecule has 1 aliphatic heterocycles. The molecule has 1 N–H and O–H groups in total. The maximum Gasteiger partial charge on any atom is 0.197 e. The fourth-order valence-electron chi connectivity index (χ4n) is 2.13. The lowest BCUT2D eigenvalue weighted by atomic mass is 10.2. The molecule has 7 heteroatoms. The zero-order valence-corrected chi connectivity index (χ0v) is 9.76. The largest absolute Gasteiger partial charge is 0.504 e. The van der Waals surface area contributed by atoms with Crippen molar-refractivity contribution in [2.45, 2.75) is 18.1 Å². The van der Waals surface area contributed by atoms with Crippen molar-refractivity contribution in [3.05, 3.63) is 24.2 Å². The van der Waals surface area contributed by atoms with Crippen LogP contribution in [0.25, 0.3) is 5.65 Å². The van der Waals surface area contributed by atoms with Crippen molar-refractivity contribution >= 4 is 15.5 Å². The molecule has 0 radical (unpaired) electrons. The number of nitrogens with zero attached hydrogens (tertiary/aromatic N) is 3. The van der Waals surface area contributed by atoms with Crippen LogP contribution in [0.2, 0.25) is 0 Å². The van der Waals surface area contributed by atoms with Crippen molar-refractivity contribution in [2.24, 2.45) is 0 Å². The van der Waals surface area contributed by atoms with Crippen LogP contribution in [-0.4, -0.2) is 33.9 Å². The minimum absolute atomic E-state index is 0.00152. The van der Waals surface area contributed by atoms with Crippen LogP contribution >= 0.6 is 0 Å². The van der Waals surface area contributed by atoms with Crippen molar-refractivity contribution in [3.8, 4) is 5.75 Å². The molecule has 0 aliphatic carbocycles. The molecule has 1 fully saturated rings. The van der Waals surface area contributed by atoms with Crippen molar-refractivity contribution in [1.29, 1.82) is 0 Å². The van der Waals surface area contributed by atoms with E-state index in [0.29, 0.717) is 18.5 Å². The Labute approximate surface area is 97.8 Å². The molecule has 2 aromatic heterocycles. The van der Waals surface area contributed by atoms with Crippen LogP contribution in [0.5, 0.6) is 5.75 Å². The molecule has 3 rings (SSSR count). The van der Waals surface area contributed by atoms with E-state index in [2.05, 4.69) is 10.1 Å².